The number of hydrogen-bond acceptors (Lipinski definition) is 5. The van der Waals surface area contributed by atoms with Crippen molar-refractivity contribution in [3.63, 3.8) is 0 Å². The molecule has 1 unspecified atom stereocenters. The maximum absolute atomic E-state index is 11.9. The number of thiophene rings is 1. The van der Waals surface area contributed by atoms with Gasteiger partial charge < -0.3 is 10.4 Å². The Labute approximate surface area is 121 Å². The highest BCUT2D eigenvalue weighted by molar-refractivity contribution is 7.14. The molecule has 0 saturated carbocycles. The molecule has 0 radical (unpaired) electrons. The molecule has 0 spiro atoms. The van der Waals surface area contributed by atoms with Crippen LogP contribution in [0.2, 0.25) is 0 Å². The highest BCUT2D eigenvalue weighted by Crippen LogP contribution is 2.21. The van der Waals surface area contributed by atoms with Gasteiger partial charge in [0.05, 0.1) is 18.0 Å². The first-order valence-electron chi connectivity index (χ1n) is 6.20. The minimum Gasteiger partial charge on any atom is -0.481 e. The Hall–Kier alpha value is -1.91. The van der Waals surface area contributed by atoms with Crippen LogP contribution in [-0.2, 0) is 9.59 Å². The highest BCUT2D eigenvalue weighted by atomic mass is 32.1. The molecular formula is C13H17N3O3S. The van der Waals surface area contributed by atoms with Crippen LogP contribution >= 0.6 is 11.3 Å². The number of carboxylic acids is 1. The van der Waals surface area contributed by atoms with Crippen LogP contribution in [0.5, 0.6) is 0 Å². The molecule has 2 N–H and O–H groups in total. The molecule has 6 nitrogen and oxygen atoms in total. The van der Waals surface area contributed by atoms with Gasteiger partial charge in [0.25, 0.3) is 0 Å². The van der Waals surface area contributed by atoms with Gasteiger partial charge in [0, 0.05) is 6.54 Å². The Balaban J connectivity index is 2.56. The number of rotatable bonds is 7. The molecule has 0 bridgehead atoms. The summed E-state index contributed by atoms with van der Waals surface area (Å²) < 4.78 is 0. The van der Waals surface area contributed by atoms with E-state index in [9.17, 15) is 9.59 Å². The molecule has 108 valence electrons. The van der Waals surface area contributed by atoms with E-state index in [0.717, 1.165) is 0 Å². The lowest BCUT2D eigenvalue weighted by atomic mass is 10.1. The summed E-state index contributed by atoms with van der Waals surface area (Å²) in [6.07, 6.45) is 0. The average molecular weight is 295 g/mol. The van der Waals surface area contributed by atoms with Crippen molar-refractivity contribution in [1.29, 1.82) is 5.26 Å². The largest absolute Gasteiger partial charge is 0.481 e. The quantitative estimate of drug-likeness (QED) is 0.797. The summed E-state index contributed by atoms with van der Waals surface area (Å²) in [6.45, 7) is 4.48. The number of anilines is 1. The van der Waals surface area contributed by atoms with Crippen LogP contribution in [0, 0.1) is 17.2 Å². The van der Waals surface area contributed by atoms with Crippen molar-refractivity contribution in [2.45, 2.75) is 13.8 Å². The van der Waals surface area contributed by atoms with E-state index in [2.05, 4.69) is 5.32 Å². The maximum atomic E-state index is 11.9. The fraction of sp³-hybridized carbons (Fsp3) is 0.462. The lowest BCUT2D eigenvalue weighted by Crippen LogP contribution is -2.37. The Morgan fingerprint density at radius 1 is 1.60 bits per heavy atom. The number of nitrogens with zero attached hydrogens (tertiary/aromatic N) is 2. The first kappa shape index (κ1) is 16.1. The lowest BCUT2D eigenvalue weighted by Gasteiger charge is -2.21. The SMILES string of the molecule is CCN(CC(=O)Nc1sccc1C#N)CC(C)C(=O)O. The molecule has 7 heteroatoms. The van der Waals surface area contributed by atoms with Crippen molar-refractivity contribution in [1.82, 2.24) is 4.90 Å². The van der Waals surface area contributed by atoms with E-state index < -0.39 is 11.9 Å². The summed E-state index contributed by atoms with van der Waals surface area (Å²) in [4.78, 5) is 24.5. The lowest BCUT2D eigenvalue weighted by molar-refractivity contribution is -0.142. The summed E-state index contributed by atoms with van der Waals surface area (Å²) >= 11 is 1.29. The van der Waals surface area contributed by atoms with Gasteiger partial charge >= 0.3 is 5.97 Å². The zero-order chi connectivity index (χ0) is 15.1. The summed E-state index contributed by atoms with van der Waals surface area (Å²) in [6, 6.07) is 3.64. The molecule has 1 aromatic heterocycles. The monoisotopic (exact) mass is 295 g/mol. The van der Waals surface area contributed by atoms with Crippen molar-refractivity contribution < 1.29 is 14.7 Å². The standard InChI is InChI=1S/C13H17N3O3S/c1-3-16(7-9(2)13(18)19)8-11(17)15-12-10(6-14)4-5-20-12/h4-5,9H,3,7-8H2,1-2H3,(H,15,17)(H,18,19). The zero-order valence-electron chi connectivity index (χ0n) is 11.4. The van der Waals surface area contributed by atoms with E-state index in [1.54, 1.807) is 23.3 Å². The molecule has 0 aromatic carbocycles. The summed E-state index contributed by atoms with van der Waals surface area (Å²) in [5.41, 5.74) is 0.435. The Bertz CT molecular complexity index is 521. The van der Waals surface area contributed by atoms with E-state index >= 15 is 0 Å². The molecule has 0 fully saturated rings. The molecular weight excluding hydrogens is 278 g/mol. The fourth-order valence-electron chi connectivity index (χ4n) is 1.63. The number of nitrogens with one attached hydrogen (secondary N) is 1. The van der Waals surface area contributed by atoms with Gasteiger partial charge in [0.1, 0.15) is 11.1 Å². The number of amides is 1. The topological polar surface area (TPSA) is 93.4 Å². The molecule has 0 saturated heterocycles. The van der Waals surface area contributed by atoms with Gasteiger partial charge in [-0.25, -0.2) is 0 Å². The fourth-order valence-corrected chi connectivity index (χ4v) is 2.39. The van der Waals surface area contributed by atoms with Crippen LogP contribution in [0.4, 0.5) is 5.00 Å². The van der Waals surface area contributed by atoms with Gasteiger partial charge in [-0.1, -0.05) is 13.8 Å². The van der Waals surface area contributed by atoms with Crippen LogP contribution in [0.25, 0.3) is 0 Å². The number of hydrogen-bond donors (Lipinski definition) is 2. The van der Waals surface area contributed by atoms with E-state index in [-0.39, 0.29) is 12.5 Å². The predicted molar refractivity (Wildman–Crippen MR) is 76.6 cm³/mol. The van der Waals surface area contributed by atoms with Crippen molar-refractivity contribution in [3.8, 4) is 6.07 Å². The summed E-state index contributed by atoms with van der Waals surface area (Å²) in [7, 11) is 0. The smallest absolute Gasteiger partial charge is 0.307 e. The number of likely N-dealkylation sites (N-methyl/N-ethyl adjacent to an activating group) is 1. The Morgan fingerprint density at radius 3 is 2.85 bits per heavy atom. The van der Waals surface area contributed by atoms with Crippen molar-refractivity contribution in [2.75, 3.05) is 25.0 Å². The second-order valence-electron chi connectivity index (χ2n) is 4.39. The maximum Gasteiger partial charge on any atom is 0.307 e. The number of carbonyl (C=O) groups excluding carboxylic acids is 1. The third kappa shape index (κ3) is 4.64. The molecule has 1 amide bonds. The van der Waals surface area contributed by atoms with Gasteiger partial charge in [-0.15, -0.1) is 11.3 Å². The average Bonchev–Trinajstić information content (AvgIpc) is 2.84. The summed E-state index contributed by atoms with van der Waals surface area (Å²) in [5.74, 6) is -1.66. The third-order valence-electron chi connectivity index (χ3n) is 2.81. The van der Waals surface area contributed by atoms with E-state index in [1.807, 2.05) is 13.0 Å². The summed E-state index contributed by atoms with van der Waals surface area (Å²) in [5, 5.41) is 22.7. The number of carboxylic acid groups (broad SMARTS) is 1. The van der Waals surface area contributed by atoms with Crippen LogP contribution in [0.15, 0.2) is 11.4 Å². The molecule has 1 heterocycles. The van der Waals surface area contributed by atoms with Crippen molar-refractivity contribution in [2.24, 2.45) is 5.92 Å². The predicted octanol–water partition coefficient (Wildman–Crippen LogP) is 1.60. The first-order chi connectivity index (χ1) is 9.47. The molecule has 20 heavy (non-hydrogen) atoms. The number of carbonyl (C=O) groups is 2. The number of nitriles is 1. The minimum absolute atomic E-state index is 0.108. The zero-order valence-corrected chi connectivity index (χ0v) is 12.2. The van der Waals surface area contributed by atoms with Gasteiger partial charge in [-0.05, 0) is 18.0 Å². The molecule has 0 aliphatic carbocycles. The number of aliphatic carboxylic acids is 1. The third-order valence-corrected chi connectivity index (χ3v) is 3.64. The Kier molecular flexibility index (Phi) is 6.15. The second-order valence-corrected chi connectivity index (χ2v) is 5.31. The van der Waals surface area contributed by atoms with E-state index in [0.29, 0.717) is 23.7 Å². The van der Waals surface area contributed by atoms with Crippen LogP contribution in [0.1, 0.15) is 19.4 Å². The molecule has 1 atom stereocenters. The van der Waals surface area contributed by atoms with E-state index in [4.69, 9.17) is 10.4 Å². The van der Waals surface area contributed by atoms with Crippen LogP contribution < -0.4 is 5.32 Å². The van der Waals surface area contributed by atoms with Gasteiger partial charge in [0.2, 0.25) is 5.91 Å². The van der Waals surface area contributed by atoms with Gasteiger partial charge in [-0.2, -0.15) is 5.26 Å². The van der Waals surface area contributed by atoms with Crippen LogP contribution in [0.3, 0.4) is 0 Å². The van der Waals surface area contributed by atoms with Crippen molar-refractivity contribution in [3.05, 3.63) is 17.0 Å². The molecule has 0 aliphatic rings. The minimum atomic E-state index is -0.881. The van der Waals surface area contributed by atoms with Gasteiger partial charge in [-0.3, -0.25) is 14.5 Å². The highest BCUT2D eigenvalue weighted by Gasteiger charge is 2.18. The first-order valence-corrected chi connectivity index (χ1v) is 7.08. The van der Waals surface area contributed by atoms with E-state index in [1.165, 1.54) is 11.3 Å². The second kappa shape index (κ2) is 7.62. The van der Waals surface area contributed by atoms with Crippen molar-refractivity contribution >= 4 is 28.2 Å². The molecule has 1 rings (SSSR count). The molecule has 1 aromatic rings. The Morgan fingerprint density at radius 2 is 2.30 bits per heavy atom. The normalized spacial score (nSPS) is 11.9. The molecule has 0 aliphatic heterocycles. The van der Waals surface area contributed by atoms with Crippen LogP contribution in [-0.4, -0.2) is 41.5 Å². The van der Waals surface area contributed by atoms with Gasteiger partial charge in [0.15, 0.2) is 0 Å².